The minimum Gasteiger partial charge on any atom is -0.452 e. The zero-order chi connectivity index (χ0) is 20.7. The van der Waals surface area contributed by atoms with E-state index in [1.807, 2.05) is 0 Å². The van der Waals surface area contributed by atoms with Crippen LogP contribution in [0.2, 0.25) is 5.02 Å². The number of nitrogens with zero attached hydrogens (tertiary/aromatic N) is 1. The third kappa shape index (κ3) is 5.54. The van der Waals surface area contributed by atoms with Gasteiger partial charge in [-0.1, -0.05) is 31.5 Å². The minimum absolute atomic E-state index is 0.140. The highest BCUT2D eigenvalue weighted by Gasteiger charge is 2.21. The lowest BCUT2D eigenvalue weighted by molar-refractivity contribution is -0.119. The van der Waals surface area contributed by atoms with E-state index in [0.29, 0.717) is 23.8 Å². The second-order valence-electron chi connectivity index (χ2n) is 5.75. The zero-order valence-corrected chi connectivity index (χ0v) is 17.1. The van der Waals surface area contributed by atoms with Crippen molar-refractivity contribution in [2.24, 2.45) is 0 Å². The summed E-state index contributed by atoms with van der Waals surface area (Å²) < 4.78 is 31.2. The van der Waals surface area contributed by atoms with Crippen LogP contribution in [0.5, 0.6) is 0 Å². The number of carbonyl (C=O) groups is 2. The molecule has 9 heteroatoms. The second-order valence-corrected chi connectivity index (χ2v) is 8.12. The number of rotatable bonds is 8. The van der Waals surface area contributed by atoms with Crippen LogP contribution in [-0.2, 0) is 19.6 Å². The normalized spacial score (nSPS) is 11.3. The monoisotopic (exact) mass is 424 g/mol. The maximum atomic E-state index is 12.4. The molecular formula is C19H21ClN2O5S. The number of benzene rings is 2. The van der Waals surface area contributed by atoms with Crippen molar-refractivity contribution in [3.05, 3.63) is 59.1 Å². The number of ether oxygens (including phenoxy) is 1. The lowest BCUT2D eigenvalue weighted by Crippen LogP contribution is -2.30. The Labute approximate surface area is 169 Å². The van der Waals surface area contributed by atoms with Gasteiger partial charge in [-0.15, -0.1) is 0 Å². The molecule has 0 radical (unpaired) electrons. The van der Waals surface area contributed by atoms with E-state index in [9.17, 15) is 18.0 Å². The summed E-state index contributed by atoms with van der Waals surface area (Å²) in [7, 11) is -3.56. The van der Waals surface area contributed by atoms with Gasteiger partial charge in [-0.25, -0.2) is 13.2 Å². The average molecular weight is 425 g/mol. The molecule has 0 aliphatic rings. The summed E-state index contributed by atoms with van der Waals surface area (Å²) in [4.78, 5) is 24.0. The van der Waals surface area contributed by atoms with Gasteiger partial charge in [-0.2, -0.15) is 4.31 Å². The van der Waals surface area contributed by atoms with Crippen LogP contribution in [0, 0.1) is 0 Å². The number of carbonyl (C=O) groups excluding carboxylic acids is 2. The fourth-order valence-corrected chi connectivity index (χ4v) is 4.10. The molecule has 0 unspecified atom stereocenters. The Morgan fingerprint density at radius 3 is 2.29 bits per heavy atom. The largest absolute Gasteiger partial charge is 0.452 e. The van der Waals surface area contributed by atoms with Crippen LogP contribution < -0.4 is 5.32 Å². The summed E-state index contributed by atoms with van der Waals surface area (Å²) in [5.41, 5.74) is 0.633. The molecule has 2 rings (SSSR count). The van der Waals surface area contributed by atoms with Crippen molar-refractivity contribution < 1.29 is 22.7 Å². The third-order valence-electron chi connectivity index (χ3n) is 3.88. The summed E-state index contributed by atoms with van der Waals surface area (Å²) in [5.74, 6) is -1.21. The number of amides is 1. The van der Waals surface area contributed by atoms with Crippen molar-refractivity contribution in [1.82, 2.24) is 4.31 Å². The van der Waals surface area contributed by atoms with E-state index >= 15 is 0 Å². The molecule has 0 fully saturated rings. The molecule has 0 heterocycles. The first-order valence-corrected chi connectivity index (χ1v) is 10.4. The zero-order valence-electron chi connectivity index (χ0n) is 15.5. The number of nitrogens with one attached hydrogen (secondary N) is 1. The van der Waals surface area contributed by atoms with E-state index in [1.165, 1.54) is 40.7 Å². The van der Waals surface area contributed by atoms with E-state index in [4.69, 9.17) is 16.3 Å². The molecule has 7 nitrogen and oxygen atoms in total. The Morgan fingerprint density at radius 2 is 1.71 bits per heavy atom. The van der Waals surface area contributed by atoms with Gasteiger partial charge >= 0.3 is 5.97 Å². The van der Waals surface area contributed by atoms with E-state index in [0.717, 1.165) is 0 Å². The van der Waals surface area contributed by atoms with E-state index in [2.05, 4.69) is 5.32 Å². The summed E-state index contributed by atoms with van der Waals surface area (Å²) in [6, 6.07) is 12.0. The molecule has 2 aromatic carbocycles. The highest BCUT2D eigenvalue weighted by molar-refractivity contribution is 7.89. The van der Waals surface area contributed by atoms with Crippen molar-refractivity contribution in [2.75, 3.05) is 25.0 Å². The van der Waals surface area contributed by atoms with Gasteiger partial charge in [-0.05, 0) is 42.5 Å². The first-order chi connectivity index (χ1) is 13.3. The fourth-order valence-electron chi connectivity index (χ4n) is 2.45. The van der Waals surface area contributed by atoms with Gasteiger partial charge in [-0.3, -0.25) is 4.79 Å². The summed E-state index contributed by atoms with van der Waals surface area (Å²) in [5, 5.41) is 2.93. The van der Waals surface area contributed by atoms with Crippen LogP contribution in [0.25, 0.3) is 0 Å². The van der Waals surface area contributed by atoms with Gasteiger partial charge < -0.3 is 10.1 Å². The molecule has 28 heavy (non-hydrogen) atoms. The molecule has 0 saturated carbocycles. The summed E-state index contributed by atoms with van der Waals surface area (Å²) in [6.45, 7) is 3.79. The van der Waals surface area contributed by atoms with Crippen molar-refractivity contribution in [2.45, 2.75) is 18.7 Å². The standard InChI is InChI=1S/C19H21ClN2O5S/c1-3-22(4-2)28(25,26)17-10-8-16(9-11-17)21-18(23)13-27-19(24)14-6-5-7-15(20)12-14/h5-12H,3-4,13H2,1-2H3,(H,21,23). The molecule has 0 atom stereocenters. The Balaban J connectivity index is 1.95. The highest BCUT2D eigenvalue weighted by atomic mass is 35.5. The van der Waals surface area contributed by atoms with Crippen LogP contribution in [0.15, 0.2) is 53.4 Å². The van der Waals surface area contributed by atoms with Crippen molar-refractivity contribution in [3.63, 3.8) is 0 Å². The Bertz CT molecular complexity index is 941. The van der Waals surface area contributed by atoms with Crippen LogP contribution in [0.4, 0.5) is 5.69 Å². The van der Waals surface area contributed by atoms with Gasteiger partial charge in [0.05, 0.1) is 10.5 Å². The molecular weight excluding hydrogens is 404 g/mol. The Morgan fingerprint density at radius 1 is 1.07 bits per heavy atom. The molecule has 0 aliphatic heterocycles. The maximum absolute atomic E-state index is 12.4. The quantitative estimate of drug-likeness (QED) is 0.657. The minimum atomic E-state index is -3.56. The Hall–Kier alpha value is -2.42. The SMILES string of the molecule is CCN(CC)S(=O)(=O)c1ccc(NC(=O)COC(=O)c2cccc(Cl)c2)cc1. The van der Waals surface area contributed by atoms with Crippen molar-refractivity contribution >= 4 is 39.2 Å². The smallest absolute Gasteiger partial charge is 0.338 e. The van der Waals surface area contributed by atoms with Gasteiger partial charge in [0.15, 0.2) is 6.61 Å². The number of halogens is 1. The average Bonchev–Trinajstić information content (AvgIpc) is 2.67. The predicted octanol–water partition coefficient (Wildman–Crippen LogP) is 3.17. The van der Waals surface area contributed by atoms with Crippen LogP contribution in [0.1, 0.15) is 24.2 Å². The van der Waals surface area contributed by atoms with Gasteiger partial charge in [0.1, 0.15) is 0 Å². The molecule has 1 N–H and O–H groups in total. The fraction of sp³-hybridized carbons (Fsp3) is 0.263. The lowest BCUT2D eigenvalue weighted by Gasteiger charge is -2.18. The number of hydrogen-bond acceptors (Lipinski definition) is 5. The summed E-state index contributed by atoms with van der Waals surface area (Å²) in [6.07, 6.45) is 0. The van der Waals surface area contributed by atoms with E-state index in [1.54, 1.807) is 26.0 Å². The molecule has 0 aliphatic carbocycles. The molecule has 0 saturated heterocycles. The highest BCUT2D eigenvalue weighted by Crippen LogP contribution is 2.18. The lowest BCUT2D eigenvalue weighted by atomic mass is 10.2. The molecule has 2 aromatic rings. The molecule has 150 valence electrons. The summed E-state index contributed by atoms with van der Waals surface area (Å²) >= 11 is 5.81. The van der Waals surface area contributed by atoms with Gasteiger partial charge in [0, 0.05) is 23.8 Å². The Kier molecular flexibility index (Phi) is 7.56. The molecule has 0 spiro atoms. The molecule has 0 aromatic heterocycles. The second kappa shape index (κ2) is 9.68. The van der Waals surface area contributed by atoms with Crippen LogP contribution in [0.3, 0.4) is 0 Å². The maximum Gasteiger partial charge on any atom is 0.338 e. The predicted molar refractivity (Wildman–Crippen MR) is 107 cm³/mol. The first-order valence-electron chi connectivity index (χ1n) is 8.60. The van der Waals surface area contributed by atoms with Crippen molar-refractivity contribution in [1.29, 1.82) is 0 Å². The van der Waals surface area contributed by atoms with E-state index in [-0.39, 0.29) is 10.5 Å². The molecule has 0 bridgehead atoms. The molecule has 1 amide bonds. The van der Waals surface area contributed by atoms with Gasteiger partial charge in [0.25, 0.3) is 5.91 Å². The van der Waals surface area contributed by atoms with Gasteiger partial charge in [0.2, 0.25) is 10.0 Å². The number of hydrogen-bond donors (Lipinski definition) is 1. The number of esters is 1. The number of anilines is 1. The topological polar surface area (TPSA) is 92.8 Å². The van der Waals surface area contributed by atoms with E-state index < -0.39 is 28.5 Å². The van der Waals surface area contributed by atoms with Crippen LogP contribution in [-0.4, -0.2) is 44.3 Å². The number of sulfonamides is 1. The van der Waals surface area contributed by atoms with Crippen LogP contribution >= 0.6 is 11.6 Å². The van der Waals surface area contributed by atoms with Crippen molar-refractivity contribution in [3.8, 4) is 0 Å². The first kappa shape index (κ1) is 21.9. The third-order valence-corrected chi connectivity index (χ3v) is 6.18.